The second kappa shape index (κ2) is 4.47. The van der Waals surface area contributed by atoms with E-state index in [0.29, 0.717) is 6.61 Å². The first-order valence-electron chi connectivity index (χ1n) is 4.96. The average molecular weight is 230 g/mol. The zero-order valence-electron chi connectivity index (χ0n) is 8.52. The SMILES string of the molecule is Cc1cc(Cl)c(F)cc1C1CNCCO1. The quantitative estimate of drug-likeness (QED) is 0.799. The lowest BCUT2D eigenvalue weighted by molar-refractivity contribution is 0.0271. The Labute approximate surface area is 93.4 Å². The normalized spacial score (nSPS) is 21.7. The van der Waals surface area contributed by atoms with Crippen LogP contribution < -0.4 is 5.32 Å². The summed E-state index contributed by atoms with van der Waals surface area (Å²) in [6.07, 6.45) is -0.0643. The molecule has 1 aliphatic heterocycles. The molecular weight excluding hydrogens is 217 g/mol. The summed E-state index contributed by atoms with van der Waals surface area (Å²) < 4.78 is 18.9. The third-order valence-corrected chi connectivity index (χ3v) is 2.87. The highest BCUT2D eigenvalue weighted by Crippen LogP contribution is 2.27. The van der Waals surface area contributed by atoms with E-state index >= 15 is 0 Å². The van der Waals surface area contributed by atoms with E-state index in [0.717, 1.165) is 24.2 Å². The number of hydrogen-bond donors (Lipinski definition) is 1. The molecule has 0 saturated carbocycles. The van der Waals surface area contributed by atoms with Gasteiger partial charge < -0.3 is 10.1 Å². The van der Waals surface area contributed by atoms with Gasteiger partial charge in [-0.2, -0.15) is 0 Å². The number of hydrogen-bond acceptors (Lipinski definition) is 2. The van der Waals surface area contributed by atoms with Crippen molar-refractivity contribution < 1.29 is 9.13 Å². The predicted octanol–water partition coefficient (Wildman–Crippen LogP) is 2.45. The first-order chi connectivity index (χ1) is 7.18. The molecule has 1 aromatic rings. The first-order valence-corrected chi connectivity index (χ1v) is 5.34. The van der Waals surface area contributed by atoms with Gasteiger partial charge in [-0.15, -0.1) is 0 Å². The maximum atomic E-state index is 13.3. The third-order valence-electron chi connectivity index (χ3n) is 2.58. The van der Waals surface area contributed by atoms with Crippen molar-refractivity contribution in [3.63, 3.8) is 0 Å². The molecule has 0 aromatic heterocycles. The van der Waals surface area contributed by atoms with Gasteiger partial charge in [0.05, 0.1) is 17.7 Å². The van der Waals surface area contributed by atoms with Crippen LogP contribution in [0.4, 0.5) is 4.39 Å². The second-order valence-electron chi connectivity index (χ2n) is 3.69. The van der Waals surface area contributed by atoms with Gasteiger partial charge in [-0.05, 0) is 30.2 Å². The summed E-state index contributed by atoms with van der Waals surface area (Å²) in [4.78, 5) is 0. The highest BCUT2D eigenvalue weighted by Gasteiger charge is 2.19. The van der Waals surface area contributed by atoms with Crippen LogP contribution in [0.25, 0.3) is 0 Å². The molecule has 1 heterocycles. The number of ether oxygens (including phenoxy) is 1. The molecule has 1 fully saturated rings. The van der Waals surface area contributed by atoms with E-state index in [-0.39, 0.29) is 16.9 Å². The molecule has 1 aromatic carbocycles. The van der Waals surface area contributed by atoms with Crippen LogP contribution in [0.1, 0.15) is 17.2 Å². The highest BCUT2D eigenvalue weighted by atomic mass is 35.5. The average Bonchev–Trinajstić information content (AvgIpc) is 2.25. The Morgan fingerprint density at radius 1 is 1.53 bits per heavy atom. The van der Waals surface area contributed by atoms with Crippen LogP contribution in [0, 0.1) is 12.7 Å². The minimum Gasteiger partial charge on any atom is -0.371 e. The van der Waals surface area contributed by atoms with Crippen LogP contribution in [-0.4, -0.2) is 19.7 Å². The Morgan fingerprint density at radius 3 is 3.00 bits per heavy atom. The maximum absolute atomic E-state index is 13.3. The summed E-state index contributed by atoms with van der Waals surface area (Å²) in [6.45, 7) is 4.15. The van der Waals surface area contributed by atoms with Gasteiger partial charge in [-0.25, -0.2) is 4.39 Å². The van der Waals surface area contributed by atoms with Crippen LogP contribution in [0.5, 0.6) is 0 Å². The van der Waals surface area contributed by atoms with Crippen LogP contribution >= 0.6 is 11.6 Å². The molecule has 0 radical (unpaired) electrons. The Hall–Kier alpha value is -0.640. The lowest BCUT2D eigenvalue weighted by Crippen LogP contribution is -2.33. The minimum atomic E-state index is -0.383. The Bertz CT molecular complexity index is 364. The van der Waals surface area contributed by atoms with E-state index in [2.05, 4.69) is 5.32 Å². The third kappa shape index (κ3) is 2.30. The lowest BCUT2D eigenvalue weighted by Gasteiger charge is -2.25. The fraction of sp³-hybridized carbons (Fsp3) is 0.455. The number of nitrogens with one attached hydrogen (secondary N) is 1. The van der Waals surface area contributed by atoms with Gasteiger partial charge in [0.25, 0.3) is 0 Å². The Kier molecular flexibility index (Phi) is 3.24. The van der Waals surface area contributed by atoms with Gasteiger partial charge in [-0.3, -0.25) is 0 Å². The van der Waals surface area contributed by atoms with Crippen molar-refractivity contribution >= 4 is 11.6 Å². The molecule has 0 bridgehead atoms. The smallest absolute Gasteiger partial charge is 0.142 e. The summed E-state index contributed by atoms with van der Waals surface area (Å²) in [5.74, 6) is -0.383. The number of halogens is 2. The number of aryl methyl sites for hydroxylation is 1. The van der Waals surface area contributed by atoms with Crippen LogP contribution in [0.15, 0.2) is 12.1 Å². The van der Waals surface area contributed by atoms with E-state index < -0.39 is 0 Å². The largest absolute Gasteiger partial charge is 0.371 e. The zero-order valence-corrected chi connectivity index (χ0v) is 9.27. The fourth-order valence-electron chi connectivity index (χ4n) is 1.77. The van der Waals surface area contributed by atoms with Crippen molar-refractivity contribution in [2.24, 2.45) is 0 Å². The molecule has 82 valence electrons. The van der Waals surface area contributed by atoms with Gasteiger partial charge in [0.2, 0.25) is 0 Å². The molecule has 4 heteroatoms. The number of morpholine rings is 1. The Balaban J connectivity index is 2.30. The van der Waals surface area contributed by atoms with Gasteiger partial charge in [0, 0.05) is 13.1 Å². The minimum absolute atomic E-state index is 0.0643. The Morgan fingerprint density at radius 2 is 2.33 bits per heavy atom. The molecule has 0 spiro atoms. The van der Waals surface area contributed by atoms with Gasteiger partial charge >= 0.3 is 0 Å². The topological polar surface area (TPSA) is 21.3 Å². The van der Waals surface area contributed by atoms with Crippen molar-refractivity contribution in [2.75, 3.05) is 19.7 Å². The van der Waals surface area contributed by atoms with Crippen LogP contribution in [0.2, 0.25) is 5.02 Å². The summed E-state index contributed by atoms with van der Waals surface area (Å²) in [7, 11) is 0. The van der Waals surface area contributed by atoms with E-state index in [1.165, 1.54) is 6.07 Å². The number of benzene rings is 1. The maximum Gasteiger partial charge on any atom is 0.142 e. The molecule has 0 amide bonds. The predicted molar refractivity (Wildman–Crippen MR) is 57.7 cm³/mol. The summed E-state index contributed by atoms with van der Waals surface area (Å²) in [6, 6.07) is 3.11. The molecule has 1 atom stereocenters. The van der Waals surface area contributed by atoms with Crippen molar-refractivity contribution in [1.29, 1.82) is 0 Å². The molecule has 0 aliphatic carbocycles. The van der Waals surface area contributed by atoms with E-state index in [9.17, 15) is 4.39 Å². The van der Waals surface area contributed by atoms with Gasteiger partial charge in [0.15, 0.2) is 0 Å². The van der Waals surface area contributed by atoms with Gasteiger partial charge in [-0.1, -0.05) is 11.6 Å². The molecule has 1 N–H and O–H groups in total. The highest BCUT2D eigenvalue weighted by molar-refractivity contribution is 6.30. The molecule has 1 unspecified atom stereocenters. The summed E-state index contributed by atoms with van der Waals surface area (Å²) in [5.41, 5.74) is 1.85. The molecule has 2 nitrogen and oxygen atoms in total. The molecule has 2 rings (SSSR count). The summed E-state index contributed by atoms with van der Waals surface area (Å²) in [5, 5.41) is 3.38. The lowest BCUT2D eigenvalue weighted by atomic mass is 10.0. The molecule has 15 heavy (non-hydrogen) atoms. The van der Waals surface area contributed by atoms with Crippen molar-refractivity contribution in [3.8, 4) is 0 Å². The monoisotopic (exact) mass is 229 g/mol. The number of rotatable bonds is 1. The second-order valence-corrected chi connectivity index (χ2v) is 4.09. The van der Waals surface area contributed by atoms with E-state index in [4.69, 9.17) is 16.3 Å². The van der Waals surface area contributed by atoms with Crippen LogP contribution in [0.3, 0.4) is 0 Å². The first kappa shape index (κ1) is 10.9. The summed E-state index contributed by atoms with van der Waals surface area (Å²) >= 11 is 5.69. The molecule has 1 saturated heterocycles. The van der Waals surface area contributed by atoms with Gasteiger partial charge in [0.1, 0.15) is 5.82 Å². The zero-order chi connectivity index (χ0) is 10.8. The fourth-order valence-corrected chi connectivity index (χ4v) is 1.99. The van der Waals surface area contributed by atoms with E-state index in [1.807, 2.05) is 6.92 Å². The van der Waals surface area contributed by atoms with Crippen molar-refractivity contribution in [1.82, 2.24) is 5.32 Å². The van der Waals surface area contributed by atoms with Crippen LogP contribution in [-0.2, 0) is 4.74 Å². The molecular formula is C11H13ClFNO. The standard InChI is InChI=1S/C11H13ClFNO/c1-7-4-9(12)10(13)5-8(7)11-6-14-2-3-15-11/h4-5,11,14H,2-3,6H2,1H3. The van der Waals surface area contributed by atoms with Crippen molar-refractivity contribution in [3.05, 3.63) is 34.1 Å². The van der Waals surface area contributed by atoms with Crippen molar-refractivity contribution in [2.45, 2.75) is 13.0 Å². The molecule has 1 aliphatic rings. The van der Waals surface area contributed by atoms with E-state index in [1.54, 1.807) is 6.07 Å².